The molecule has 1 heterocycles. The third kappa shape index (κ3) is 4.80. The summed E-state index contributed by atoms with van der Waals surface area (Å²) in [6.45, 7) is 0.220. The summed E-state index contributed by atoms with van der Waals surface area (Å²) >= 11 is 1.47. The van der Waals surface area contributed by atoms with E-state index in [0.29, 0.717) is 16.8 Å². The van der Waals surface area contributed by atoms with Crippen molar-refractivity contribution in [3.8, 4) is 6.07 Å². The van der Waals surface area contributed by atoms with Crippen LogP contribution in [0, 0.1) is 11.3 Å². The molecule has 0 radical (unpaired) electrons. The van der Waals surface area contributed by atoms with Gasteiger partial charge in [-0.1, -0.05) is 12.1 Å². The van der Waals surface area contributed by atoms with Crippen LogP contribution in [0.25, 0.3) is 0 Å². The van der Waals surface area contributed by atoms with Crippen molar-refractivity contribution in [2.75, 3.05) is 5.32 Å². The minimum Gasteiger partial charge on any atom is -0.322 e. The second-order valence-corrected chi connectivity index (χ2v) is 8.37. The van der Waals surface area contributed by atoms with Gasteiger partial charge in [0.25, 0.3) is 5.91 Å². The zero-order chi connectivity index (χ0) is 19.3. The molecule has 0 bridgehead atoms. The zero-order valence-electron chi connectivity index (χ0n) is 14.0. The van der Waals surface area contributed by atoms with E-state index in [9.17, 15) is 13.2 Å². The van der Waals surface area contributed by atoms with Crippen molar-refractivity contribution < 1.29 is 13.2 Å². The Morgan fingerprint density at radius 2 is 1.85 bits per heavy atom. The Labute approximate surface area is 161 Å². The Bertz CT molecular complexity index is 1080. The van der Waals surface area contributed by atoms with Crippen molar-refractivity contribution >= 4 is 33.0 Å². The largest absolute Gasteiger partial charge is 0.322 e. The molecule has 0 saturated carbocycles. The molecule has 3 aromatic rings. The molecule has 0 aliphatic carbocycles. The lowest BCUT2D eigenvalue weighted by atomic mass is 10.2. The maximum Gasteiger partial charge on any atom is 0.255 e. The molecule has 0 aliphatic heterocycles. The molecule has 136 valence electrons. The second kappa shape index (κ2) is 8.14. The Morgan fingerprint density at radius 3 is 2.52 bits per heavy atom. The number of rotatable bonds is 6. The lowest BCUT2D eigenvalue weighted by Crippen LogP contribution is -2.23. The summed E-state index contributed by atoms with van der Waals surface area (Å²) in [5.74, 6) is -0.388. The van der Waals surface area contributed by atoms with Crippen LogP contribution in [0.1, 0.15) is 20.8 Å². The molecule has 1 aromatic heterocycles. The van der Waals surface area contributed by atoms with Crippen LogP contribution in [0.3, 0.4) is 0 Å². The van der Waals surface area contributed by atoms with Crippen LogP contribution < -0.4 is 10.0 Å². The van der Waals surface area contributed by atoms with Gasteiger partial charge in [-0.15, -0.1) is 11.3 Å². The standard InChI is InChI=1S/C19H15N3O3S2/c20-12-14-3-1-4-16(11-14)22-19(23)15-6-8-18(9-7-15)27(24,25)21-13-17-5-2-10-26-17/h1-11,21H,13H2,(H,22,23). The van der Waals surface area contributed by atoms with Gasteiger partial charge in [0, 0.05) is 22.7 Å². The first kappa shape index (κ1) is 18.8. The molecule has 0 spiro atoms. The number of benzene rings is 2. The fourth-order valence-corrected chi connectivity index (χ4v) is 4.06. The van der Waals surface area contributed by atoms with E-state index in [1.807, 2.05) is 23.6 Å². The SMILES string of the molecule is N#Cc1cccc(NC(=O)c2ccc(S(=O)(=O)NCc3cccs3)cc2)c1. The van der Waals surface area contributed by atoms with Crippen molar-refractivity contribution in [2.24, 2.45) is 0 Å². The molecule has 1 amide bonds. The molecule has 0 atom stereocenters. The van der Waals surface area contributed by atoms with E-state index >= 15 is 0 Å². The van der Waals surface area contributed by atoms with Crippen molar-refractivity contribution in [3.05, 3.63) is 82.0 Å². The molecule has 27 heavy (non-hydrogen) atoms. The van der Waals surface area contributed by atoms with E-state index in [1.54, 1.807) is 24.3 Å². The molecule has 0 aliphatic rings. The number of amides is 1. The number of thiophene rings is 1. The predicted octanol–water partition coefficient (Wildman–Crippen LogP) is 3.35. The molecule has 2 N–H and O–H groups in total. The normalized spacial score (nSPS) is 10.9. The lowest BCUT2D eigenvalue weighted by molar-refractivity contribution is 0.102. The second-order valence-electron chi connectivity index (χ2n) is 5.58. The third-order valence-corrected chi connectivity index (χ3v) is 5.99. The highest BCUT2D eigenvalue weighted by atomic mass is 32.2. The van der Waals surface area contributed by atoms with Gasteiger partial charge in [0.05, 0.1) is 16.5 Å². The fraction of sp³-hybridized carbons (Fsp3) is 0.0526. The number of anilines is 1. The van der Waals surface area contributed by atoms with E-state index in [1.165, 1.54) is 35.6 Å². The molecule has 3 rings (SSSR count). The molecular formula is C19H15N3O3S2. The van der Waals surface area contributed by atoms with Gasteiger partial charge in [-0.2, -0.15) is 5.26 Å². The lowest BCUT2D eigenvalue weighted by Gasteiger charge is -2.08. The van der Waals surface area contributed by atoms with Crippen LogP contribution in [0.15, 0.2) is 70.9 Å². The van der Waals surface area contributed by atoms with Gasteiger partial charge in [-0.3, -0.25) is 4.79 Å². The van der Waals surface area contributed by atoms with Crippen molar-refractivity contribution in [1.82, 2.24) is 4.72 Å². The smallest absolute Gasteiger partial charge is 0.255 e. The molecule has 2 aromatic carbocycles. The number of carbonyl (C=O) groups excluding carboxylic acids is 1. The van der Waals surface area contributed by atoms with Crippen LogP contribution in [-0.2, 0) is 16.6 Å². The fourth-order valence-electron chi connectivity index (χ4n) is 2.32. The minimum atomic E-state index is -3.66. The number of hydrogen-bond acceptors (Lipinski definition) is 5. The van der Waals surface area contributed by atoms with Gasteiger partial charge in [0.15, 0.2) is 0 Å². The molecule has 8 heteroatoms. The minimum absolute atomic E-state index is 0.0853. The van der Waals surface area contributed by atoms with Crippen LogP contribution >= 0.6 is 11.3 Å². The predicted molar refractivity (Wildman–Crippen MR) is 104 cm³/mol. The summed E-state index contributed by atoms with van der Waals surface area (Å²) in [5.41, 5.74) is 1.24. The van der Waals surface area contributed by atoms with Crippen molar-refractivity contribution in [2.45, 2.75) is 11.4 Å². The first-order valence-corrected chi connectivity index (χ1v) is 10.3. The molecule has 0 saturated heterocycles. The Hall–Kier alpha value is -2.99. The van der Waals surface area contributed by atoms with Crippen molar-refractivity contribution in [1.29, 1.82) is 5.26 Å². The summed E-state index contributed by atoms with van der Waals surface area (Å²) in [6.07, 6.45) is 0. The average molecular weight is 397 g/mol. The summed E-state index contributed by atoms with van der Waals surface area (Å²) in [4.78, 5) is 13.3. The molecule has 0 fully saturated rings. The van der Waals surface area contributed by atoms with E-state index in [0.717, 1.165) is 4.88 Å². The number of nitrogens with zero attached hydrogens (tertiary/aromatic N) is 1. The van der Waals surface area contributed by atoms with E-state index in [4.69, 9.17) is 5.26 Å². The molecule has 0 unspecified atom stereocenters. The summed E-state index contributed by atoms with van der Waals surface area (Å²) in [6, 6.07) is 17.9. The number of nitrogens with one attached hydrogen (secondary N) is 2. The van der Waals surface area contributed by atoms with Crippen molar-refractivity contribution in [3.63, 3.8) is 0 Å². The highest BCUT2D eigenvalue weighted by Crippen LogP contribution is 2.15. The quantitative estimate of drug-likeness (QED) is 0.666. The average Bonchev–Trinajstić information content (AvgIpc) is 3.20. The number of carbonyl (C=O) groups is 1. The van der Waals surface area contributed by atoms with E-state index in [-0.39, 0.29) is 17.3 Å². The van der Waals surface area contributed by atoms with Gasteiger partial charge in [-0.05, 0) is 53.9 Å². The number of hydrogen-bond donors (Lipinski definition) is 2. The van der Waals surface area contributed by atoms with E-state index < -0.39 is 10.0 Å². The monoisotopic (exact) mass is 397 g/mol. The number of nitriles is 1. The van der Waals surface area contributed by atoms with Gasteiger partial charge in [-0.25, -0.2) is 13.1 Å². The maximum absolute atomic E-state index is 12.3. The molecular weight excluding hydrogens is 382 g/mol. The first-order valence-electron chi connectivity index (χ1n) is 7.91. The first-order chi connectivity index (χ1) is 13.0. The Kier molecular flexibility index (Phi) is 5.66. The maximum atomic E-state index is 12.3. The van der Waals surface area contributed by atoms with Crippen LogP contribution in [0.5, 0.6) is 0 Å². The summed E-state index contributed by atoms with van der Waals surface area (Å²) in [5, 5.41) is 13.5. The van der Waals surface area contributed by atoms with Gasteiger partial charge < -0.3 is 5.32 Å². The van der Waals surface area contributed by atoms with Crippen LogP contribution in [0.4, 0.5) is 5.69 Å². The van der Waals surface area contributed by atoms with Crippen LogP contribution in [-0.4, -0.2) is 14.3 Å². The molecule has 6 nitrogen and oxygen atoms in total. The highest BCUT2D eigenvalue weighted by molar-refractivity contribution is 7.89. The summed E-state index contributed by atoms with van der Waals surface area (Å²) in [7, 11) is -3.66. The third-order valence-electron chi connectivity index (χ3n) is 3.69. The number of sulfonamides is 1. The Balaban J connectivity index is 1.68. The zero-order valence-corrected chi connectivity index (χ0v) is 15.7. The van der Waals surface area contributed by atoms with Gasteiger partial charge in [0.2, 0.25) is 10.0 Å². The van der Waals surface area contributed by atoms with Crippen LogP contribution in [0.2, 0.25) is 0 Å². The Morgan fingerprint density at radius 1 is 1.07 bits per heavy atom. The van der Waals surface area contributed by atoms with Gasteiger partial charge >= 0.3 is 0 Å². The highest BCUT2D eigenvalue weighted by Gasteiger charge is 2.15. The van der Waals surface area contributed by atoms with Gasteiger partial charge in [0.1, 0.15) is 0 Å². The summed E-state index contributed by atoms with van der Waals surface area (Å²) < 4.78 is 27.2. The topological polar surface area (TPSA) is 99.1 Å². The van der Waals surface area contributed by atoms with E-state index in [2.05, 4.69) is 10.0 Å².